The van der Waals surface area contributed by atoms with E-state index in [-0.39, 0.29) is 36.2 Å². The Balaban J connectivity index is 1.49. The SMILES string of the molecule is CC(C)CC(C)(C)C(=O)OCCOC12CC3CC(C1)OC(=O)C(C3)C2. The average Bonchev–Trinajstić information content (AvgIpc) is 2.64. The minimum atomic E-state index is -0.466. The first-order chi connectivity index (χ1) is 11.7. The molecule has 0 radical (unpaired) electrons. The summed E-state index contributed by atoms with van der Waals surface area (Å²) in [6.07, 6.45) is 5.28. The molecular formula is C20H32O5. The van der Waals surface area contributed by atoms with Crippen molar-refractivity contribution < 1.29 is 23.8 Å². The number of rotatable bonds is 7. The molecule has 4 fully saturated rings. The minimum absolute atomic E-state index is 0.00581. The zero-order valence-corrected chi connectivity index (χ0v) is 16.0. The van der Waals surface area contributed by atoms with Gasteiger partial charge in [0.1, 0.15) is 12.7 Å². The molecule has 2 saturated heterocycles. The van der Waals surface area contributed by atoms with E-state index < -0.39 is 5.41 Å². The van der Waals surface area contributed by atoms with Crippen LogP contribution in [-0.2, 0) is 23.8 Å². The van der Waals surface area contributed by atoms with Crippen molar-refractivity contribution in [2.75, 3.05) is 13.2 Å². The Labute approximate surface area is 150 Å². The van der Waals surface area contributed by atoms with Crippen LogP contribution < -0.4 is 0 Å². The lowest BCUT2D eigenvalue weighted by Gasteiger charge is -2.46. The smallest absolute Gasteiger partial charge is 0.311 e. The fourth-order valence-electron chi connectivity index (χ4n) is 5.24. The lowest BCUT2D eigenvalue weighted by molar-refractivity contribution is -0.164. The van der Waals surface area contributed by atoms with Crippen LogP contribution in [0.3, 0.4) is 0 Å². The molecule has 2 aliphatic carbocycles. The topological polar surface area (TPSA) is 61.8 Å². The van der Waals surface area contributed by atoms with Gasteiger partial charge in [0, 0.05) is 6.42 Å². The van der Waals surface area contributed by atoms with Gasteiger partial charge in [0.25, 0.3) is 0 Å². The molecule has 0 amide bonds. The summed E-state index contributed by atoms with van der Waals surface area (Å²) in [5.74, 6) is 0.757. The third-order valence-corrected chi connectivity index (χ3v) is 5.90. The van der Waals surface area contributed by atoms with Crippen molar-refractivity contribution in [1.82, 2.24) is 0 Å². The Hall–Kier alpha value is -1.10. The van der Waals surface area contributed by atoms with Crippen LogP contribution in [0.5, 0.6) is 0 Å². The molecule has 0 aromatic heterocycles. The number of fused-ring (bicyclic) bond motifs is 1. The van der Waals surface area contributed by atoms with Gasteiger partial charge < -0.3 is 14.2 Å². The van der Waals surface area contributed by atoms with Gasteiger partial charge in [-0.3, -0.25) is 9.59 Å². The predicted molar refractivity (Wildman–Crippen MR) is 92.8 cm³/mol. The molecular weight excluding hydrogens is 320 g/mol. The van der Waals surface area contributed by atoms with E-state index in [2.05, 4.69) is 13.8 Å². The summed E-state index contributed by atoms with van der Waals surface area (Å²) in [6.45, 7) is 8.75. The van der Waals surface area contributed by atoms with E-state index in [0.717, 1.165) is 38.5 Å². The zero-order valence-electron chi connectivity index (χ0n) is 16.0. The van der Waals surface area contributed by atoms with Gasteiger partial charge in [0.2, 0.25) is 0 Å². The summed E-state index contributed by atoms with van der Waals surface area (Å²) >= 11 is 0. The summed E-state index contributed by atoms with van der Waals surface area (Å²) < 4.78 is 17.2. The Morgan fingerprint density at radius 2 is 2.00 bits per heavy atom. The van der Waals surface area contributed by atoms with Crippen LogP contribution in [-0.4, -0.2) is 36.9 Å². The average molecular weight is 352 g/mol. The Bertz CT molecular complexity index is 526. The van der Waals surface area contributed by atoms with Crippen LogP contribution in [0.2, 0.25) is 0 Å². The lowest BCUT2D eigenvalue weighted by atomic mass is 9.65. The van der Waals surface area contributed by atoms with E-state index in [4.69, 9.17) is 14.2 Å². The van der Waals surface area contributed by atoms with Crippen LogP contribution >= 0.6 is 0 Å². The molecule has 0 spiro atoms. The van der Waals surface area contributed by atoms with Crippen LogP contribution in [0.4, 0.5) is 0 Å². The first kappa shape index (κ1) is 18.7. The number of esters is 2. The van der Waals surface area contributed by atoms with Crippen molar-refractivity contribution in [1.29, 1.82) is 0 Å². The van der Waals surface area contributed by atoms with Crippen LogP contribution in [0.25, 0.3) is 0 Å². The molecule has 2 aliphatic heterocycles. The predicted octanol–water partition coefficient (Wildman–Crippen LogP) is 3.49. The number of carbonyl (C=O) groups excluding carboxylic acids is 2. The maximum absolute atomic E-state index is 12.3. The van der Waals surface area contributed by atoms with Crippen LogP contribution in [0, 0.1) is 23.2 Å². The fraction of sp³-hybridized carbons (Fsp3) is 0.900. The lowest BCUT2D eigenvalue weighted by Crippen LogP contribution is -2.47. The van der Waals surface area contributed by atoms with Gasteiger partial charge in [-0.1, -0.05) is 13.8 Å². The highest BCUT2D eigenvalue weighted by Crippen LogP contribution is 2.51. The van der Waals surface area contributed by atoms with E-state index in [0.29, 0.717) is 18.4 Å². The van der Waals surface area contributed by atoms with Crippen molar-refractivity contribution in [2.24, 2.45) is 23.2 Å². The van der Waals surface area contributed by atoms with Crippen molar-refractivity contribution in [3.63, 3.8) is 0 Å². The standard InChI is InChI=1S/C20H32O5/c1-13(2)9-19(3,4)18(22)23-5-6-24-20-10-14-7-15(11-20)17(21)25-16(8-14)12-20/h13-16H,5-12H2,1-4H3. The molecule has 0 aromatic rings. The second-order valence-electron chi connectivity index (χ2n) is 9.35. The number of hydrogen-bond acceptors (Lipinski definition) is 5. The number of ether oxygens (including phenoxy) is 3. The molecule has 4 atom stereocenters. The molecule has 2 heterocycles. The summed E-state index contributed by atoms with van der Waals surface area (Å²) in [5, 5.41) is 0. The third kappa shape index (κ3) is 4.18. The van der Waals surface area contributed by atoms with Crippen molar-refractivity contribution in [3.8, 4) is 0 Å². The monoisotopic (exact) mass is 352 g/mol. The van der Waals surface area contributed by atoms with Crippen LogP contribution in [0.15, 0.2) is 0 Å². The van der Waals surface area contributed by atoms with E-state index in [1.54, 1.807) is 0 Å². The zero-order chi connectivity index (χ0) is 18.2. The molecule has 5 nitrogen and oxygen atoms in total. The van der Waals surface area contributed by atoms with E-state index in [1.165, 1.54) is 0 Å². The van der Waals surface area contributed by atoms with Gasteiger partial charge in [0.15, 0.2) is 0 Å². The highest BCUT2D eigenvalue weighted by molar-refractivity contribution is 5.75. The Morgan fingerprint density at radius 3 is 2.72 bits per heavy atom. The Morgan fingerprint density at radius 1 is 1.24 bits per heavy atom. The third-order valence-electron chi connectivity index (χ3n) is 5.90. The van der Waals surface area contributed by atoms with Gasteiger partial charge in [0.05, 0.1) is 23.5 Å². The van der Waals surface area contributed by atoms with Crippen molar-refractivity contribution in [3.05, 3.63) is 0 Å². The summed E-state index contributed by atoms with van der Waals surface area (Å²) in [7, 11) is 0. The maximum atomic E-state index is 12.3. The van der Waals surface area contributed by atoms with E-state index >= 15 is 0 Å². The molecule has 25 heavy (non-hydrogen) atoms. The molecule has 0 aromatic carbocycles. The van der Waals surface area contributed by atoms with Gasteiger partial charge in [-0.05, 0) is 57.8 Å². The molecule has 4 rings (SSSR count). The first-order valence-corrected chi connectivity index (χ1v) is 9.71. The molecule has 142 valence electrons. The Kier molecular flexibility index (Phi) is 5.16. The second-order valence-corrected chi connectivity index (χ2v) is 9.35. The normalized spacial score (nSPS) is 34.1. The fourth-order valence-corrected chi connectivity index (χ4v) is 5.24. The van der Waals surface area contributed by atoms with Crippen LogP contribution in [0.1, 0.15) is 66.2 Å². The minimum Gasteiger partial charge on any atom is -0.463 e. The molecule has 4 unspecified atom stereocenters. The maximum Gasteiger partial charge on any atom is 0.311 e. The first-order valence-electron chi connectivity index (χ1n) is 9.71. The number of hydrogen-bond donors (Lipinski definition) is 0. The van der Waals surface area contributed by atoms with Gasteiger partial charge in [-0.2, -0.15) is 0 Å². The molecule has 4 aliphatic rings. The van der Waals surface area contributed by atoms with E-state index in [1.807, 2.05) is 13.8 Å². The molecule has 5 heteroatoms. The van der Waals surface area contributed by atoms with Gasteiger partial charge in [-0.15, -0.1) is 0 Å². The molecule has 4 bridgehead atoms. The van der Waals surface area contributed by atoms with Gasteiger partial charge >= 0.3 is 11.9 Å². The molecule has 2 saturated carbocycles. The number of carbonyl (C=O) groups is 2. The second kappa shape index (κ2) is 6.90. The highest BCUT2D eigenvalue weighted by atomic mass is 16.6. The summed E-state index contributed by atoms with van der Waals surface area (Å²) in [4.78, 5) is 24.4. The largest absolute Gasteiger partial charge is 0.463 e. The quantitative estimate of drug-likeness (QED) is 0.518. The van der Waals surface area contributed by atoms with Gasteiger partial charge in [-0.25, -0.2) is 0 Å². The molecule has 0 N–H and O–H groups in total. The summed E-state index contributed by atoms with van der Waals surface area (Å²) in [5.41, 5.74) is -0.727. The van der Waals surface area contributed by atoms with E-state index in [9.17, 15) is 9.59 Å². The van der Waals surface area contributed by atoms with Crippen molar-refractivity contribution >= 4 is 11.9 Å². The summed E-state index contributed by atoms with van der Waals surface area (Å²) in [6, 6.07) is 0. The van der Waals surface area contributed by atoms with Crippen molar-refractivity contribution in [2.45, 2.75) is 77.9 Å². The highest BCUT2D eigenvalue weighted by Gasteiger charge is 2.53.